The van der Waals surface area contributed by atoms with Crippen LogP contribution in [0.1, 0.15) is 57.9 Å². The number of hydrogen-bond donors (Lipinski definition) is 1. The summed E-state index contributed by atoms with van der Waals surface area (Å²) in [7, 11) is 0. The smallest absolute Gasteiger partial charge is 0.138 e. The maximum absolute atomic E-state index is 6.09. The Hall–Kier alpha value is -0.0600. The van der Waals surface area contributed by atoms with Crippen LogP contribution in [-0.2, 0) is 6.54 Å². The maximum atomic E-state index is 6.09. The van der Waals surface area contributed by atoms with Crippen molar-refractivity contribution in [2.45, 2.75) is 70.6 Å². The molecule has 0 unspecified atom stereocenters. The number of nitrogens with one attached hydrogen (secondary N) is 1. The Labute approximate surface area is 162 Å². The molecule has 1 aromatic carbocycles. The van der Waals surface area contributed by atoms with Gasteiger partial charge in [-0.3, -0.25) is 0 Å². The number of benzene rings is 1. The van der Waals surface area contributed by atoms with Crippen molar-refractivity contribution in [3.8, 4) is 5.75 Å². The van der Waals surface area contributed by atoms with Crippen molar-refractivity contribution in [1.82, 2.24) is 5.32 Å². The zero-order valence-corrected chi connectivity index (χ0v) is 17.8. The van der Waals surface area contributed by atoms with Crippen molar-refractivity contribution in [1.29, 1.82) is 0 Å². The van der Waals surface area contributed by atoms with E-state index >= 15 is 0 Å². The highest BCUT2D eigenvalue weighted by Gasteiger charge is 2.50. The molecule has 0 amide bonds. The molecule has 4 heteroatoms. The third kappa shape index (κ3) is 3.43. The Morgan fingerprint density at radius 1 is 1.08 bits per heavy atom. The highest BCUT2D eigenvalue weighted by atomic mass is 79.9. The average Bonchev–Trinajstić information content (AvgIpc) is 2.46. The van der Waals surface area contributed by atoms with E-state index < -0.39 is 0 Å². The molecule has 0 heterocycles. The Bertz CT molecular complexity index is 593. The van der Waals surface area contributed by atoms with Crippen molar-refractivity contribution >= 4 is 31.9 Å². The third-order valence-corrected chi connectivity index (χ3v) is 7.18. The summed E-state index contributed by atoms with van der Waals surface area (Å²) in [5, 5.41) is 3.99. The van der Waals surface area contributed by atoms with Crippen molar-refractivity contribution in [2.24, 2.45) is 17.8 Å². The molecule has 0 aliphatic heterocycles. The maximum Gasteiger partial charge on any atom is 0.138 e. The standard InChI is InChI=1S/C20H27Br2NO/c1-12(2)24-19-16(6-17(21)7-18(19)22)11-23-20-8-13-3-14(9-20)5-15(4-13)10-20/h6-7,12-15,23H,3-5,8-11H2,1-2H3. The molecule has 0 saturated heterocycles. The molecule has 0 spiro atoms. The van der Waals surface area contributed by atoms with Gasteiger partial charge in [0.2, 0.25) is 0 Å². The summed E-state index contributed by atoms with van der Waals surface area (Å²) in [6.45, 7) is 5.07. The van der Waals surface area contributed by atoms with Crippen molar-refractivity contribution in [2.75, 3.05) is 0 Å². The van der Waals surface area contributed by atoms with Crippen LogP contribution < -0.4 is 10.1 Å². The minimum atomic E-state index is 0.181. The highest BCUT2D eigenvalue weighted by molar-refractivity contribution is 9.11. The summed E-state index contributed by atoms with van der Waals surface area (Å²) >= 11 is 7.31. The summed E-state index contributed by atoms with van der Waals surface area (Å²) in [5.74, 6) is 3.92. The summed E-state index contributed by atoms with van der Waals surface area (Å²) in [4.78, 5) is 0. The Morgan fingerprint density at radius 2 is 1.67 bits per heavy atom. The van der Waals surface area contributed by atoms with E-state index in [0.29, 0.717) is 5.54 Å². The van der Waals surface area contributed by atoms with Crippen LogP contribution in [0.4, 0.5) is 0 Å². The minimum Gasteiger partial charge on any atom is -0.489 e. The van der Waals surface area contributed by atoms with Crippen LogP contribution in [0.25, 0.3) is 0 Å². The second kappa shape index (κ2) is 6.59. The fraction of sp³-hybridized carbons (Fsp3) is 0.700. The van der Waals surface area contributed by atoms with Gasteiger partial charge in [0, 0.05) is 22.1 Å². The lowest BCUT2D eigenvalue weighted by atomic mass is 9.53. The van der Waals surface area contributed by atoms with Gasteiger partial charge in [0.1, 0.15) is 5.75 Å². The minimum absolute atomic E-state index is 0.181. The molecule has 4 aliphatic rings. The molecule has 0 radical (unpaired) electrons. The zero-order chi connectivity index (χ0) is 16.9. The van der Waals surface area contributed by atoms with Gasteiger partial charge >= 0.3 is 0 Å². The number of halogens is 2. The summed E-state index contributed by atoms with van der Waals surface area (Å²) in [5.41, 5.74) is 1.64. The molecule has 0 aromatic heterocycles. The first-order valence-electron chi connectivity index (χ1n) is 9.32. The van der Waals surface area contributed by atoms with Gasteiger partial charge in [-0.25, -0.2) is 0 Å². The molecule has 0 atom stereocenters. The molecule has 5 rings (SSSR count). The Balaban J connectivity index is 1.53. The van der Waals surface area contributed by atoms with Crippen molar-refractivity contribution in [3.63, 3.8) is 0 Å². The molecule has 1 N–H and O–H groups in total. The summed E-state index contributed by atoms with van der Waals surface area (Å²) in [6.07, 6.45) is 8.81. The first-order chi connectivity index (χ1) is 11.4. The van der Waals surface area contributed by atoms with Gasteiger partial charge < -0.3 is 10.1 Å². The monoisotopic (exact) mass is 455 g/mol. The van der Waals surface area contributed by atoms with Gasteiger partial charge in [-0.1, -0.05) is 15.9 Å². The van der Waals surface area contributed by atoms with Crippen molar-refractivity contribution in [3.05, 3.63) is 26.6 Å². The second-order valence-corrected chi connectivity index (χ2v) is 10.4. The van der Waals surface area contributed by atoms with Gasteiger partial charge in [-0.05, 0) is 98.2 Å². The summed E-state index contributed by atoms with van der Waals surface area (Å²) < 4.78 is 8.23. The first-order valence-corrected chi connectivity index (χ1v) is 10.9. The van der Waals surface area contributed by atoms with Crippen LogP contribution in [0.3, 0.4) is 0 Å². The van der Waals surface area contributed by atoms with Crippen LogP contribution in [0.5, 0.6) is 5.75 Å². The fourth-order valence-corrected chi connectivity index (χ4v) is 7.13. The number of rotatable bonds is 5. The van der Waals surface area contributed by atoms with Gasteiger partial charge in [0.25, 0.3) is 0 Å². The lowest BCUT2D eigenvalue weighted by molar-refractivity contribution is -0.0207. The molecule has 1 aromatic rings. The average molecular weight is 457 g/mol. The van der Waals surface area contributed by atoms with E-state index in [4.69, 9.17) is 4.74 Å². The van der Waals surface area contributed by atoms with E-state index in [1.54, 1.807) is 0 Å². The second-order valence-electron chi connectivity index (χ2n) is 8.59. The fourth-order valence-electron chi connectivity index (χ4n) is 5.72. The van der Waals surface area contributed by atoms with E-state index in [1.165, 1.54) is 44.1 Å². The molecule has 4 aliphatic carbocycles. The van der Waals surface area contributed by atoms with Gasteiger partial charge in [-0.15, -0.1) is 0 Å². The lowest BCUT2D eigenvalue weighted by Crippen LogP contribution is -2.58. The van der Waals surface area contributed by atoms with Crippen LogP contribution >= 0.6 is 31.9 Å². The highest BCUT2D eigenvalue weighted by Crippen LogP contribution is 2.55. The molecule has 24 heavy (non-hydrogen) atoms. The molecular weight excluding hydrogens is 430 g/mol. The quantitative estimate of drug-likeness (QED) is 0.581. The molecule has 4 bridgehead atoms. The molecule has 2 nitrogen and oxygen atoms in total. The summed E-state index contributed by atoms with van der Waals surface area (Å²) in [6, 6.07) is 4.28. The zero-order valence-electron chi connectivity index (χ0n) is 14.6. The molecular formula is C20H27Br2NO. The third-order valence-electron chi connectivity index (χ3n) is 6.13. The van der Waals surface area contributed by atoms with Crippen LogP contribution in [0, 0.1) is 17.8 Å². The largest absolute Gasteiger partial charge is 0.489 e. The number of ether oxygens (including phenoxy) is 1. The molecule has 4 fully saturated rings. The van der Waals surface area contributed by atoms with E-state index in [9.17, 15) is 0 Å². The van der Waals surface area contributed by atoms with Gasteiger partial charge in [0.05, 0.1) is 10.6 Å². The Kier molecular flexibility index (Phi) is 4.77. The van der Waals surface area contributed by atoms with Gasteiger partial charge in [-0.2, -0.15) is 0 Å². The Morgan fingerprint density at radius 3 is 2.21 bits per heavy atom. The van der Waals surface area contributed by atoms with E-state index in [2.05, 4.69) is 63.2 Å². The molecule has 132 valence electrons. The van der Waals surface area contributed by atoms with E-state index in [-0.39, 0.29) is 6.10 Å². The topological polar surface area (TPSA) is 21.3 Å². The lowest BCUT2D eigenvalue weighted by Gasteiger charge is -2.57. The van der Waals surface area contributed by atoms with Crippen LogP contribution in [0.15, 0.2) is 21.1 Å². The van der Waals surface area contributed by atoms with Crippen LogP contribution in [0.2, 0.25) is 0 Å². The van der Waals surface area contributed by atoms with E-state index in [0.717, 1.165) is 39.0 Å². The molecule has 4 saturated carbocycles. The van der Waals surface area contributed by atoms with E-state index in [1.807, 2.05) is 0 Å². The first kappa shape index (κ1) is 17.4. The normalized spacial score (nSPS) is 34.1. The van der Waals surface area contributed by atoms with Crippen molar-refractivity contribution < 1.29 is 4.74 Å². The predicted molar refractivity (Wildman–Crippen MR) is 105 cm³/mol. The van der Waals surface area contributed by atoms with Gasteiger partial charge in [0.15, 0.2) is 0 Å². The predicted octanol–water partition coefficient (Wildman–Crippen LogP) is 6.06. The number of hydrogen-bond acceptors (Lipinski definition) is 2. The SMILES string of the molecule is CC(C)Oc1c(Br)cc(Br)cc1CNC12CC3CC(CC(C3)C1)C2. The van der Waals surface area contributed by atoms with Crippen LogP contribution in [-0.4, -0.2) is 11.6 Å².